The number of hydrogen-bond donors (Lipinski definition) is 0. The van der Waals surface area contributed by atoms with Crippen molar-refractivity contribution in [2.45, 2.75) is 5.41 Å². The molecule has 0 N–H and O–H groups in total. The van der Waals surface area contributed by atoms with Gasteiger partial charge in [-0.05, 0) is 113 Å². The highest BCUT2D eigenvalue weighted by atomic mass is 14.5. The zero-order valence-corrected chi connectivity index (χ0v) is 29.0. The van der Waals surface area contributed by atoms with Gasteiger partial charge in [-0.2, -0.15) is 5.26 Å². The molecule has 1 nitrogen and oxygen atoms in total. The Morgan fingerprint density at radius 1 is 0.340 bits per heavy atom. The summed E-state index contributed by atoms with van der Waals surface area (Å²) in [6, 6.07) is 74.6. The Labute approximate surface area is 309 Å². The Bertz CT molecular complexity index is 2830. The van der Waals surface area contributed by atoms with Gasteiger partial charge in [-0.15, -0.1) is 0 Å². The average Bonchev–Trinajstić information content (AvgIpc) is 3.53. The quantitative estimate of drug-likeness (QED) is 0.167. The van der Waals surface area contributed by atoms with Crippen LogP contribution >= 0.6 is 0 Å². The van der Waals surface area contributed by atoms with Gasteiger partial charge in [0.05, 0.1) is 17.0 Å². The van der Waals surface area contributed by atoms with E-state index in [2.05, 4.69) is 200 Å². The predicted octanol–water partition coefficient (Wildman–Crippen LogP) is 13.2. The molecular weight excluding hydrogens is 639 g/mol. The molecule has 0 saturated carbocycles. The summed E-state index contributed by atoms with van der Waals surface area (Å²) < 4.78 is 0. The zero-order valence-electron chi connectivity index (χ0n) is 29.0. The van der Waals surface area contributed by atoms with Crippen LogP contribution in [0.4, 0.5) is 0 Å². The molecule has 0 atom stereocenters. The maximum absolute atomic E-state index is 10.1. The van der Waals surface area contributed by atoms with E-state index in [9.17, 15) is 5.26 Å². The summed E-state index contributed by atoms with van der Waals surface area (Å²) in [7, 11) is 0. The van der Waals surface area contributed by atoms with Gasteiger partial charge in [0.15, 0.2) is 0 Å². The number of rotatable bonds is 5. The first-order valence-corrected chi connectivity index (χ1v) is 18.2. The number of benzene rings is 9. The molecule has 246 valence electrons. The molecule has 1 aliphatic carbocycles. The highest BCUT2D eigenvalue weighted by Crippen LogP contribution is 2.57. The zero-order chi connectivity index (χ0) is 35.4. The summed E-state index contributed by atoms with van der Waals surface area (Å²) in [4.78, 5) is 0. The summed E-state index contributed by atoms with van der Waals surface area (Å²) in [5.74, 6) is 0. The minimum Gasteiger partial charge on any atom is -0.192 e. The second kappa shape index (κ2) is 12.3. The Kier molecular flexibility index (Phi) is 7.17. The van der Waals surface area contributed by atoms with Crippen LogP contribution in [-0.2, 0) is 5.41 Å². The molecule has 10 rings (SSSR count). The molecule has 53 heavy (non-hydrogen) atoms. The van der Waals surface area contributed by atoms with E-state index in [1.807, 2.05) is 6.07 Å². The molecule has 0 aliphatic heterocycles. The van der Waals surface area contributed by atoms with Gasteiger partial charge in [0, 0.05) is 0 Å². The molecular formula is C52H33N. The summed E-state index contributed by atoms with van der Waals surface area (Å²) in [6.07, 6.45) is 0. The Morgan fingerprint density at radius 3 is 1.34 bits per heavy atom. The second-order valence-corrected chi connectivity index (χ2v) is 13.9. The lowest BCUT2D eigenvalue weighted by Gasteiger charge is -2.34. The monoisotopic (exact) mass is 671 g/mol. The lowest BCUT2D eigenvalue weighted by Crippen LogP contribution is -2.28. The van der Waals surface area contributed by atoms with Crippen molar-refractivity contribution in [3.63, 3.8) is 0 Å². The summed E-state index contributed by atoms with van der Waals surface area (Å²) in [6.45, 7) is 0. The van der Waals surface area contributed by atoms with Crippen LogP contribution < -0.4 is 0 Å². The fourth-order valence-electron chi connectivity index (χ4n) is 8.93. The lowest BCUT2D eigenvalue weighted by atomic mass is 9.67. The second-order valence-electron chi connectivity index (χ2n) is 13.9. The van der Waals surface area contributed by atoms with E-state index in [-0.39, 0.29) is 0 Å². The number of nitriles is 1. The van der Waals surface area contributed by atoms with E-state index < -0.39 is 5.41 Å². The Hall–Kier alpha value is -7.01. The number of nitrogens with zero attached hydrogens (tertiary/aromatic N) is 1. The Balaban J connectivity index is 1.28. The van der Waals surface area contributed by atoms with E-state index in [4.69, 9.17) is 0 Å². The summed E-state index contributed by atoms with van der Waals surface area (Å²) in [5, 5.41) is 15.0. The van der Waals surface area contributed by atoms with Gasteiger partial charge < -0.3 is 0 Å². The van der Waals surface area contributed by atoms with Gasteiger partial charge in [0.1, 0.15) is 0 Å². The molecule has 0 fully saturated rings. The van der Waals surface area contributed by atoms with Crippen LogP contribution in [0.2, 0.25) is 0 Å². The van der Waals surface area contributed by atoms with Crippen molar-refractivity contribution in [3.05, 3.63) is 228 Å². The SMILES string of the molecule is N#Cc1ccc2c(c1)C(c1ccccc1)(c1ccccc1)c1cc(-c3ccc4c(-c5ccccc5)c5ccccc5c(-c5ccccc5)c4c3)ccc1-2. The van der Waals surface area contributed by atoms with E-state index in [1.54, 1.807) is 0 Å². The lowest BCUT2D eigenvalue weighted by molar-refractivity contribution is 0.768. The first-order chi connectivity index (χ1) is 26.3. The van der Waals surface area contributed by atoms with Crippen molar-refractivity contribution >= 4 is 21.5 Å². The highest BCUT2D eigenvalue weighted by molar-refractivity contribution is 6.22. The van der Waals surface area contributed by atoms with Gasteiger partial charge in [-0.25, -0.2) is 0 Å². The minimum atomic E-state index is -0.598. The van der Waals surface area contributed by atoms with Crippen LogP contribution in [0, 0.1) is 11.3 Å². The van der Waals surface area contributed by atoms with E-state index in [0.717, 1.165) is 16.7 Å². The van der Waals surface area contributed by atoms with Gasteiger partial charge in [-0.3, -0.25) is 0 Å². The third kappa shape index (κ3) is 4.70. The third-order valence-corrected chi connectivity index (χ3v) is 11.2. The molecule has 9 aromatic rings. The van der Waals surface area contributed by atoms with Crippen molar-refractivity contribution < 1.29 is 0 Å². The van der Waals surface area contributed by atoms with Crippen molar-refractivity contribution in [2.75, 3.05) is 0 Å². The van der Waals surface area contributed by atoms with Crippen molar-refractivity contribution in [2.24, 2.45) is 0 Å². The molecule has 0 unspecified atom stereocenters. The summed E-state index contributed by atoms with van der Waals surface area (Å²) >= 11 is 0. The van der Waals surface area contributed by atoms with Crippen LogP contribution in [-0.4, -0.2) is 0 Å². The predicted molar refractivity (Wildman–Crippen MR) is 220 cm³/mol. The number of hydrogen-bond acceptors (Lipinski definition) is 1. The van der Waals surface area contributed by atoms with Crippen LogP contribution in [0.1, 0.15) is 27.8 Å². The fraction of sp³-hybridized carbons (Fsp3) is 0.0192. The molecule has 1 aliphatic rings. The fourth-order valence-corrected chi connectivity index (χ4v) is 8.93. The van der Waals surface area contributed by atoms with Crippen LogP contribution in [0.25, 0.3) is 66.1 Å². The average molecular weight is 672 g/mol. The summed E-state index contributed by atoms with van der Waals surface area (Å²) in [5.41, 5.74) is 14.4. The molecule has 0 bridgehead atoms. The smallest absolute Gasteiger partial charge is 0.0991 e. The standard InChI is InChI=1S/C52H33N/c53-34-35-25-28-42-43-29-26-39(33-49(43)52(48(42)31-35,40-19-9-3-10-20-40)41-21-11-4-12-22-41)38-27-30-46-47(32-38)51(37-17-7-2-8-18-37)45-24-14-13-23-44(45)50(46)36-15-5-1-6-16-36/h1-33H. The van der Waals surface area contributed by atoms with E-state index in [1.165, 1.54) is 71.6 Å². The first kappa shape index (κ1) is 30.8. The largest absolute Gasteiger partial charge is 0.192 e. The number of fused-ring (bicyclic) bond motifs is 5. The van der Waals surface area contributed by atoms with E-state index in [0.29, 0.717) is 5.56 Å². The van der Waals surface area contributed by atoms with Gasteiger partial charge in [0.2, 0.25) is 0 Å². The molecule has 0 radical (unpaired) electrons. The van der Waals surface area contributed by atoms with E-state index >= 15 is 0 Å². The van der Waals surface area contributed by atoms with Crippen LogP contribution in [0.5, 0.6) is 0 Å². The molecule has 0 heterocycles. The maximum Gasteiger partial charge on any atom is 0.0991 e. The molecule has 9 aromatic carbocycles. The maximum atomic E-state index is 10.1. The molecule has 0 aromatic heterocycles. The van der Waals surface area contributed by atoms with Gasteiger partial charge >= 0.3 is 0 Å². The first-order valence-electron chi connectivity index (χ1n) is 18.2. The normalized spacial score (nSPS) is 12.7. The molecule has 0 amide bonds. The van der Waals surface area contributed by atoms with Crippen molar-refractivity contribution in [1.82, 2.24) is 0 Å². The Morgan fingerprint density at radius 2 is 0.774 bits per heavy atom. The van der Waals surface area contributed by atoms with Crippen molar-refractivity contribution in [1.29, 1.82) is 5.26 Å². The molecule has 0 saturated heterocycles. The molecule has 0 spiro atoms. The van der Waals surface area contributed by atoms with Crippen LogP contribution in [0.15, 0.2) is 200 Å². The minimum absolute atomic E-state index is 0.598. The molecule has 1 heteroatoms. The third-order valence-electron chi connectivity index (χ3n) is 11.2. The topological polar surface area (TPSA) is 23.8 Å². The van der Waals surface area contributed by atoms with Gasteiger partial charge in [-0.1, -0.05) is 176 Å². The van der Waals surface area contributed by atoms with Gasteiger partial charge in [0.25, 0.3) is 0 Å². The highest BCUT2D eigenvalue weighted by Gasteiger charge is 2.46. The van der Waals surface area contributed by atoms with Crippen LogP contribution in [0.3, 0.4) is 0 Å². The van der Waals surface area contributed by atoms with Crippen molar-refractivity contribution in [3.8, 4) is 50.6 Å².